The summed E-state index contributed by atoms with van der Waals surface area (Å²) < 4.78 is 1.71. The second-order valence-corrected chi connectivity index (χ2v) is 4.26. The summed E-state index contributed by atoms with van der Waals surface area (Å²) in [6, 6.07) is 0.128. The fourth-order valence-electron chi connectivity index (χ4n) is 1.75. The molecule has 0 saturated carbocycles. The van der Waals surface area contributed by atoms with Gasteiger partial charge in [0.1, 0.15) is 6.33 Å². The summed E-state index contributed by atoms with van der Waals surface area (Å²) >= 11 is 0. The highest BCUT2D eigenvalue weighted by Crippen LogP contribution is 2.11. The summed E-state index contributed by atoms with van der Waals surface area (Å²) in [5.74, 6) is 1.45. The Morgan fingerprint density at radius 3 is 2.70 bits per heavy atom. The van der Waals surface area contributed by atoms with Gasteiger partial charge in [0.2, 0.25) is 17.8 Å². The van der Waals surface area contributed by atoms with Crippen LogP contribution in [0.15, 0.2) is 18.7 Å². The van der Waals surface area contributed by atoms with Crippen LogP contribution in [0.3, 0.4) is 0 Å². The average Bonchev–Trinajstić information content (AvgIpc) is 3.00. The van der Waals surface area contributed by atoms with E-state index in [4.69, 9.17) is 5.11 Å². The van der Waals surface area contributed by atoms with Crippen LogP contribution in [-0.4, -0.2) is 49.3 Å². The van der Waals surface area contributed by atoms with Crippen molar-refractivity contribution in [3.63, 3.8) is 0 Å². The minimum absolute atomic E-state index is 0.128. The molecule has 0 saturated heterocycles. The van der Waals surface area contributed by atoms with Gasteiger partial charge in [0.25, 0.3) is 0 Å². The largest absolute Gasteiger partial charge is 0.396 e. The number of hydrogen-bond donors (Lipinski definition) is 3. The molecule has 2 aromatic rings. The lowest BCUT2D eigenvalue weighted by Gasteiger charge is -2.16. The molecule has 1 unspecified atom stereocenters. The van der Waals surface area contributed by atoms with Gasteiger partial charge in [0, 0.05) is 32.1 Å². The summed E-state index contributed by atoms with van der Waals surface area (Å²) in [5.41, 5.74) is 0. The van der Waals surface area contributed by atoms with Crippen LogP contribution in [0.4, 0.5) is 11.9 Å². The minimum Gasteiger partial charge on any atom is -0.396 e. The van der Waals surface area contributed by atoms with Gasteiger partial charge in [0.05, 0.1) is 0 Å². The Kier molecular flexibility index (Phi) is 4.83. The summed E-state index contributed by atoms with van der Waals surface area (Å²) in [6.07, 6.45) is 6.59. The Hall–Kier alpha value is -2.22. The zero-order valence-electron chi connectivity index (χ0n) is 11.6. The highest BCUT2D eigenvalue weighted by atomic mass is 16.3. The molecule has 0 aliphatic rings. The monoisotopic (exact) mass is 277 g/mol. The van der Waals surface area contributed by atoms with Crippen LogP contribution in [0.25, 0.3) is 5.95 Å². The van der Waals surface area contributed by atoms with E-state index in [-0.39, 0.29) is 12.6 Å². The van der Waals surface area contributed by atoms with Crippen molar-refractivity contribution in [3.8, 4) is 5.95 Å². The first-order chi connectivity index (χ1) is 9.76. The molecule has 0 radical (unpaired) electrons. The van der Waals surface area contributed by atoms with E-state index < -0.39 is 0 Å². The summed E-state index contributed by atoms with van der Waals surface area (Å²) in [4.78, 5) is 16.9. The molecule has 20 heavy (non-hydrogen) atoms. The van der Waals surface area contributed by atoms with Gasteiger partial charge in [0.15, 0.2) is 0 Å². The van der Waals surface area contributed by atoms with Gasteiger partial charge in [-0.05, 0) is 12.8 Å². The summed E-state index contributed by atoms with van der Waals surface area (Å²) in [7, 11) is 1.75. The van der Waals surface area contributed by atoms with E-state index in [1.54, 1.807) is 30.3 Å². The molecular weight excluding hydrogens is 258 g/mol. The van der Waals surface area contributed by atoms with Crippen LogP contribution >= 0.6 is 0 Å². The number of nitrogens with one attached hydrogen (secondary N) is 2. The summed E-state index contributed by atoms with van der Waals surface area (Å²) in [6.45, 7) is 2.17. The molecular formula is C12H19N7O. The molecule has 0 amide bonds. The van der Waals surface area contributed by atoms with Crippen molar-refractivity contribution in [3.05, 3.63) is 18.7 Å². The Morgan fingerprint density at radius 1 is 1.30 bits per heavy atom. The van der Waals surface area contributed by atoms with Crippen LogP contribution in [-0.2, 0) is 0 Å². The highest BCUT2D eigenvalue weighted by molar-refractivity contribution is 5.38. The number of anilines is 2. The lowest BCUT2D eigenvalue weighted by molar-refractivity contribution is 0.278. The lowest BCUT2D eigenvalue weighted by atomic mass is 10.2. The molecule has 3 N–H and O–H groups in total. The van der Waals surface area contributed by atoms with Crippen molar-refractivity contribution in [2.75, 3.05) is 24.3 Å². The third-order valence-electron chi connectivity index (χ3n) is 2.89. The van der Waals surface area contributed by atoms with Gasteiger partial charge in [-0.25, -0.2) is 4.98 Å². The van der Waals surface area contributed by atoms with Crippen molar-refractivity contribution in [2.45, 2.75) is 25.8 Å². The molecule has 0 spiro atoms. The lowest BCUT2D eigenvalue weighted by Crippen LogP contribution is -2.22. The van der Waals surface area contributed by atoms with E-state index in [0.29, 0.717) is 24.3 Å². The Morgan fingerprint density at radius 2 is 2.10 bits per heavy atom. The molecule has 1 atom stereocenters. The maximum Gasteiger partial charge on any atom is 0.241 e. The average molecular weight is 277 g/mol. The van der Waals surface area contributed by atoms with E-state index in [1.807, 2.05) is 6.92 Å². The van der Waals surface area contributed by atoms with Crippen LogP contribution < -0.4 is 10.6 Å². The van der Waals surface area contributed by atoms with E-state index in [0.717, 1.165) is 6.42 Å². The molecule has 108 valence electrons. The third-order valence-corrected chi connectivity index (χ3v) is 2.89. The van der Waals surface area contributed by atoms with Crippen LogP contribution in [0.1, 0.15) is 19.8 Å². The van der Waals surface area contributed by atoms with Crippen molar-refractivity contribution >= 4 is 11.9 Å². The second kappa shape index (κ2) is 6.80. The van der Waals surface area contributed by atoms with Gasteiger partial charge < -0.3 is 15.7 Å². The maximum absolute atomic E-state index is 9.03. The van der Waals surface area contributed by atoms with Gasteiger partial charge >= 0.3 is 0 Å². The Balaban J connectivity index is 2.26. The van der Waals surface area contributed by atoms with Crippen molar-refractivity contribution in [1.82, 2.24) is 24.5 Å². The molecule has 2 rings (SSSR count). The van der Waals surface area contributed by atoms with Gasteiger partial charge in [-0.15, -0.1) is 0 Å². The number of aliphatic hydroxyl groups is 1. The van der Waals surface area contributed by atoms with Crippen molar-refractivity contribution in [2.24, 2.45) is 0 Å². The van der Waals surface area contributed by atoms with Gasteiger partial charge in [-0.3, -0.25) is 4.57 Å². The quantitative estimate of drug-likeness (QED) is 0.683. The first-order valence-electron chi connectivity index (χ1n) is 6.56. The molecule has 8 heteroatoms. The zero-order chi connectivity index (χ0) is 14.4. The van der Waals surface area contributed by atoms with Gasteiger partial charge in [-0.2, -0.15) is 15.0 Å². The molecule has 2 aromatic heterocycles. The Labute approximate surface area is 117 Å². The molecule has 0 aliphatic carbocycles. The number of aliphatic hydroxyl groups excluding tert-OH is 1. The van der Waals surface area contributed by atoms with E-state index in [1.165, 1.54) is 0 Å². The SMILES string of the molecule is CCC(CCO)Nc1nc(NC)nc(-n2ccnc2)n1. The van der Waals surface area contributed by atoms with Crippen LogP contribution in [0.5, 0.6) is 0 Å². The zero-order valence-corrected chi connectivity index (χ0v) is 11.6. The molecule has 0 aliphatic heterocycles. The molecule has 2 heterocycles. The number of imidazole rings is 1. The first-order valence-corrected chi connectivity index (χ1v) is 6.56. The topological polar surface area (TPSA) is 101 Å². The van der Waals surface area contributed by atoms with Crippen molar-refractivity contribution in [1.29, 1.82) is 0 Å². The van der Waals surface area contributed by atoms with Crippen LogP contribution in [0.2, 0.25) is 0 Å². The number of aromatic nitrogens is 5. The van der Waals surface area contributed by atoms with E-state index in [2.05, 4.69) is 30.6 Å². The smallest absolute Gasteiger partial charge is 0.241 e. The Bertz CT molecular complexity index is 529. The first kappa shape index (κ1) is 14.2. The second-order valence-electron chi connectivity index (χ2n) is 4.26. The van der Waals surface area contributed by atoms with Crippen molar-refractivity contribution < 1.29 is 5.11 Å². The van der Waals surface area contributed by atoms with E-state index >= 15 is 0 Å². The number of nitrogens with zero attached hydrogens (tertiary/aromatic N) is 5. The predicted molar refractivity (Wildman–Crippen MR) is 75.9 cm³/mol. The number of hydrogen-bond acceptors (Lipinski definition) is 7. The predicted octanol–water partition coefficient (Wildman–Crippen LogP) is 0.672. The minimum atomic E-state index is 0.128. The van der Waals surface area contributed by atoms with E-state index in [9.17, 15) is 0 Å². The molecule has 0 aromatic carbocycles. The third kappa shape index (κ3) is 3.41. The molecule has 8 nitrogen and oxygen atoms in total. The normalized spacial score (nSPS) is 12.2. The van der Waals surface area contributed by atoms with Gasteiger partial charge in [-0.1, -0.05) is 6.92 Å². The number of rotatable bonds is 7. The summed E-state index contributed by atoms with van der Waals surface area (Å²) in [5, 5.41) is 15.2. The maximum atomic E-state index is 9.03. The standard InChI is InChI=1S/C12H19N7O/c1-3-9(4-7-20)15-11-16-10(13-2)17-12(18-11)19-6-5-14-8-19/h5-6,8-9,20H,3-4,7H2,1-2H3,(H2,13,15,16,17,18). The van der Waals surface area contributed by atoms with Crippen LogP contribution in [0, 0.1) is 0 Å². The fourth-order valence-corrected chi connectivity index (χ4v) is 1.75. The fraction of sp³-hybridized carbons (Fsp3) is 0.500. The molecule has 0 bridgehead atoms. The molecule has 0 fully saturated rings. The highest BCUT2D eigenvalue weighted by Gasteiger charge is 2.11.